The molecule has 7 nitrogen and oxygen atoms in total. The van der Waals surface area contributed by atoms with Gasteiger partial charge in [0.1, 0.15) is 6.54 Å². The van der Waals surface area contributed by atoms with Crippen LogP contribution >= 0.6 is 0 Å². The normalized spacial score (nSPS) is 13.1. The molecule has 0 aliphatic carbocycles. The summed E-state index contributed by atoms with van der Waals surface area (Å²) in [5.74, 6) is 1.79. The van der Waals surface area contributed by atoms with Gasteiger partial charge in [-0.05, 0) is 37.1 Å². The van der Waals surface area contributed by atoms with Gasteiger partial charge < -0.3 is 25.0 Å². The molecule has 0 atom stereocenters. The lowest BCUT2D eigenvalue weighted by molar-refractivity contribution is -0.117. The van der Waals surface area contributed by atoms with Crippen molar-refractivity contribution < 1.29 is 14.3 Å². The second-order valence-electron chi connectivity index (χ2n) is 6.31. The first-order valence-corrected chi connectivity index (χ1v) is 9.32. The predicted octanol–water partition coefficient (Wildman–Crippen LogP) is 2.67. The third-order valence-electron chi connectivity index (χ3n) is 4.55. The van der Waals surface area contributed by atoms with Crippen molar-refractivity contribution >= 4 is 23.2 Å². The molecule has 0 saturated heterocycles. The van der Waals surface area contributed by atoms with Crippen LogP contribution in [0, 0.1) is 0 Å². The maximum absolute atomic E-state index is 12.7. The minimum absolute atomic E-state index is 0.0190. The molecule has 0 bridgehead atoms. The van der Waals surface area contributed by atoms with E-state index < -0.39 is 0 Å². The third-order valence-corrected chi connectivity index (χ3v) is 4.55. The van der Waals surface area contributed by atoms with Gasteiger partial charge in [-0.1, -0.05) is 18.2 Å². The molecule has 0 saturated carbocycles. The fraction of sp³-hybridized carbons (Fsp3) is 0.333. The summed E-state index contributed by atoms with van der Waals surface area (Å²) in [6, 6.07) is 13.5. The first-order chi connectivity index (χ1) is 13.7. The van der Waals surface area contributed by atoms with Crippen molar-refractivity contribution in [3.8, 4) is 11.5 Å². The minimum Gasteiger partial charge on any atom is -0.493 e. The molecule has 0 aromatic heterocycles. The van der Waals surface area contributed by atoms with Gasteiger partial charge in [0, 0.05) is 30.5 Å². The Labute approximate surface area is 165 Å². The highest BCUT2D eigenvalue weighted by Gasteiger charge is 2.23. The first-order valence-electron chi connectivity index (χ1n) is 9.32. The highest BCUT2D eigenvalue weighted by Crippen LogP contribution is 2.30. The summed E-state index contributed by atoms with van der Waals surface area (Å²) < 4.78 is 10.6. The van der Waals surface area contributed by atoms with Gasteiger partial charge in [-0.3, -0.25) is 4.79 Å². The fourth-order valence-electron chi connectivity index (χ4n) is 3.19. The second kappa shape index (κ2) is 9.12. The van der Waals surface area contributed by atoms with Crippen molar-refractivity contribution in [2.45, 2.75) is 13.3 Å². The summed E-state index contributed by atoms with van der Waals surface area (Å²) in [6.45, 7) is 3.43. The molecular weight excluding hydrogens is 356 g/mol. The lowest BCUT2D eigenvalue weighted by atomic mass is 10.2. The van der Waals surface area contributed by atoms with Gasteiger partial charge in [0.15, 0.2) is 17.5 Å². The van der Waals surface area contributed by atoms with Crippen LogP contribution in [0.4, 0.5) is 11.4 Å². The zero-order valence-corrected chi connectivity index (χ0v) is 16.5. The first kappa shape index (κ1) is 19.5. The number of hydrogen-bond donors (Lipinski definition) is 2. The maximum atomic E-state index is 12.7. The van der Waals surface area contributed by atoms with Gasteiger partial charge in [-0.2, -0.15) is 0 Å². The molecule has 7 heteroatoms. The molecule has 1 amide bonds. The molecule has 2 aromatic rings. The van der Waals surface area contributed by atoms with Crippen LogP contribution in [-0.2, 0) is 11.2 Å². The predicted molar refractivity (Wildman–Crippen MR) is 112 cm³/mol. The molecule has 2 N–H and O–H groups in total. The van der Waals surface area contributed by atoms with Crippen molar-refractivity contribution in [1.82, 2.24) is 5.32 Å². The fourth-order valence-corrected chi connectivity index (χ4v) is 3.19. The Hall–Kier alpha value is -3.22. The molecule has 0 spiro atoms. The van der Waals surface area contributed by atoms with Crippen LogP contribution < -0.4 is 25.0 Å². The van der Waals surface area contributed by atoms with E-state index in [1.165, 1.54) is 5.56 Å². The third kappa shape index (κ3) is 4.36. The lowest BCUT2D eigenvalue weighted by Gasteiger charge is -2.17. The minimum atomic E-state index is -0.0190. The SMILES string of the molecule is CCNC(=NCC(=O)N1CCc2ccccc21)Nc1ccc(OC)c(OC)c1. The van der Waals surface area contributed by atoms with Crippen molar-refractivity contribution in [2.75, 3.05) is 44.1 Å². The van der Waals surface area contributed by atoms with Crippen LogP contribution in [0.5, 0.6) is 11.5 Å². The van der Waals surface area contributed by atoms with E-state index in [9.17, 15) is 4.79 Å². The van der Waals surface area contributed by atoms with Gasteiger partial charge in [-0.25, -0.2) is 4.99 Å². The van der Waals surface area contributed by atoms with Crippen molar-refractivity contribution in [1.29, 1.82) is 0 Å². The zero-order valence-electron chi connectivity index (χ0n) is 16.5. The summed E-state index contributed by atoms with van der Waals surface area (Å²) in [5, 5.41) is 6.36. The van der Waals surface area contributed by atoms with Gasteiger partial charge in [0.25, 0.3) is 0 Å². The van der Waals surface area contributed by atoms with E-state index in [1.807, 2.05) is 43.3 Å². The van der Waals surface area contributed by atoms with E-state index in [0.29, 0.717) is 30.5 Å². The molecule has 1 aliphatic rings. The molecule has 0 fully saturated rings. The van der Waals surface area contributed by atoms with Gasteiger partial charge >= 0.3 is 0 Å². The average molecular weight is 382 g/mol. The number of nitrogens with zero attached hydrogens (tertiary/aromatic N) is 2. The lowest BCUT2D eigenvalue weighted by Crippen LogP contribution is -2.34. The van der Waals surface area contributed by atoms with E-state index in [-0.39, 0.29) is 12.5 Å². The molecule has 1 aliphatic heterocycles. The number of benzene rings is 2. The van der Waals surface area contributed by atoms with Crippen LogP contribution in [-0.4, -0.2) is 45.7 Å². The van der Waals surface area contributed by atoms with Crippen molar-refractivity contribution in [2.24, 2.45) is 4.99 Å². The summed E-state index contributed by atoms with van der Waals surface area (Å²) >= 11 is 0. The van der Waals surface area contributed by atoms with Gasteiger partial charge in [0.2, 0.25) is 5.91 Å². The summed E-state index contributed by atoms with van der Waals surface area (Å²) in [6.07, 6.45) is 0.885. The van der Waals surface area contributed by atoms with Crippen LogP contribution in [0.2, 0.25) is 0 Å². The number of carbonyl (C=O) groups excluding carboxylic acids is 1. The molecule has 28 heavy (non-hydrogen) atoms. The van der Waals surface area contributed by atoms with Crippen LogP contribution in [0.1, 0.15) is 12.5 Å². The number of anilines is 2. The molecule has 148 valence electrons. The Morgan fingerprint density at radius 1 is 1.14 bits per heavy atom. The molecule has 1 heterocycles. The highest BCUT2D eigenvalue weighted by atomic mass is 16.5. The molecule has 0 radical (unpaired) electrons. The second-order valence-corrected chi connectivity index (χ2v) is 6.31. The number of fused-ring (bicyclic) bond motifs is 1. The summed E-state index contributed by atoms with van der Waals surface area (Å²) in [5.41, 5.74) is 2.98. The molecule has 2 aromatic carbocycles. The maximum Gasteiger partial charge on any atom is 0.248 e. The smallest absolute Gasteiger partial charge is 0.248 e. The number of rotatable bonds is 6. The highest BCUT2D eigenvalue weighted by molar-refractivity contribution is 6.00. The van der Waals surface area contributed by atoms with E-state index >= 15 is 0 Å². The number of ether oxygens (including phenoxy) is 2. The Morgan fingerprint density at radius 3 is 2.68 bits per heavy atom. The zero-order chi connectivity index (χ0) is 19.9. The topological polar surface area (TPSA) is 75.2 Å². The van der Waals surface area contributed by atoms with E-state index in [1.54, 1.807) is 19.1 Å². The average Bonchev–Trinajstić information content (AvgIpc) is 3.16. The number of nitrogens with one attached hydrogen (secondary N) is 2. The Kier molecular flexibility index (Phi) is 6.37. The van der Waals surface area contributed by atoms with Crippen LogP contribution in [0.15, 0.2) is 47.5 Å². The van der Waals surface area contributed by atoms with Crippen molar-refractivity contribution in [3.63, 3.8) is 0 Å². The van der Waals surface area contributed by atoms with Crippen LogP contribution in [0.25, 0.3) is 0 Å². The number of methoxy groups -OCH3 is 2. The van der Waals surface area contributed by atoms with E-state index in [0.717, 1.165) is 17.8 Å². The van der Waals surface area contributed by atoms with Crippen LogP contribution in [0.3, 0.4) is 0 Å². The number of hydrogen-bond acceptors (Lipinski definition) is 4. The molecule has 0 unspecified atom stereocenters. The number of guanidine groups is 1. The standard InChI is InChI=1S/C21H26N4O3/c1-4-22-21(24-16-9-10-18(27-2)19(13-16)28-3)23-14-20(26)25-12-11-15-7-5-6-8-17(15)25/h5-10,13H,4,11-12,14H2,1-3H3,(H2,22,23,24). The Balaban J connectivity index is 1.70. The van der Waals surface area contributed by atoms with E-state index in [2.05, 4.69) is 21.7 Å². The summed E-state index contributed by atoms with van der Waals surface area (Å²) in [7, 11) is 3.19. The number of para-hydroxylation sites is 1. The number of amides is 1. The quantitative estimate of drug-likeness (QED) is 0.593. The monoisotopic (exact) mass is 382 g/mol. The van der Waals surface area contributed by atoms with Gasteiger partial charge in [-0.15, -0.1) is 0 Å². The number of carbonyl (C=O) groups is 1. The van der Waals surface area contributed by atoms with Gasteiger partial charge in [0.05, 0.1) is 14.2 Å². The Bertz CT molecular complexity index is 866. The van der Waals surface area contributed by atoms with E-state index in [4.69, 9.17) is 9.47 Å². The largest absolute Gasteiger partial charge is 0.493 e. The Morgan fingerprint density at radius 2 is 1.93 bits per heavy atom. The molecular formula is C21H26N4O3. The molecule has 3 rings (SSSR count). The van der Waals surface area contributed by atoms with Crippen molar-refractivity contribution in [3.05, 3.63) is 48.0 Å². The summed E-state index contributed by atoms with van der Waals surface area (Å²) in [4.78, 5) is 18.9. The number of aliphatic imine (C=N–C) groups is 1.